The second kappa shape index (κ2) is 5.82. The zero-order valence-electron chi connectivity index (χ0n) is 12.4. The van der Waals surface area contributed by atoms with Crippen LogP contribution >= 0.6 is 0 Å². The van der Waals surface area contributed by atoms with E-state index in [-0.39, 0.29) is 6.79 Å². The lowest BCUT2D eigenvalue weighted by molar-refractivity contribution is 0.174. The summed E-state index contributed by atoms with van der Waals surface area (Å²) in [6.45, 7) is 2.20. The number of hydrogen-bond donors (Lipinski definition) is 0. The minimum atomic E-state index is 0.203. The second-order valence-electron chi connectivity index (χ2n) is 4.99. The maximum absolute atomic E-state index is 9.47. The third kappa shape index (κ3) is 2.61. The molecule has 0 radical (unpaired) electrons. The molecule has 0 N–H and O–H groups in total. The first kappa shape index (κ1) is 14.0. The van der Waals surface area contributed by atoms with Crippen molar-refractivity contribution < 1.29 is 14.2 Å². The van der Waals surface area contributed by atoms with Gasteiger partial charge in [0.1, 0.15) is 5.75 Å². The van der Waals surface area contributed by atoms with Gasteiger partial charge in [-0.1, -0.05) is 29.8 Å². The Morgan fingerprint density at radius 3 is 2.68 bits per heavy atom. The SMILES string of the molecule is COc1cc2c(cc1/C=C(/C#N)c1cccc(C)c1)OCO2. The maximum Gasteiger partial charge on any atom is 0.231 e. The second-order valence-corrected chi connectivity index (χ2v) is 4.99. The molecule has 4 heteroatoms. The fourth-order valence-electron chi connectivity index (χ4n) is 2.38. The molecule has 0 aliphatic carbocycles. The number of hydrogen-bond acceptors (Lipinski definition) is 4. The number of methoxy groups -OCH3 is 1. The number of nitrogens with zero attached hydrogens (tertiary/aromatic N) is 1. The Kier molecular flexibility index (Phi) is 3.71. The summed E-state index contributed by atoms with van der Waals surface area (Å²) < 4.78 is 16.1. The highest BCUT2D eigenvalue weighted by atomic mass is 16.7. The standard InChI is InChI=1S/C18H15NO3/c1-12-4-3-5-13(6-12)15(10-19)7-14-8-17-18(22-11-21-17)9-16(14)20-2/h3-9H,11H2,1-2H3/b15-7-. The van der Waals surface area contributed by atoms with Crippen LogP contribution in [0.2, 0.25) is 0 Å². The van der Waals surface area contributed by atoms with Crippen molar-refractivity contribution in [2.24, 2.45) is 0 Å². The van der Waals surface area contributed by atoms with Gasteiger partial charge in [-0.3, -0.25) is 0 Å². The summed E-state index contributed by atoms with van der Waals surface area (Å²) in [6.07, 6.45) is 1.80. The van der Waals surface area contributed by atoms with Gasteiger partial charge in [-0.2, -0.15) is 5.26 Å². The molecule has 22 heavy (non-hydrogen) atoms. The third-order valence-corrected chi connectivity index (χ3v) is 3.47. The molecule has 2 aromatic carbocycles. The number of nitriles is 1. The van der Waals surface area contributed by atoms with E-state index in [4.69, 9.17) is 14.2 Å². The van der Waals surface area contributed by atoms with Gasteiger partial charge >= 0.3 is 0 Å². The van der Waals surface area contributed by atoms with E-state index in [9.17, 15) is 5.26 Å². The Morgan fingerprint density at radius 1 is 1.23 bits per heavy atom. The molecular weight excluding hydrogens is 278 g/mol. The van der Waals surface area contributed by atoms with Gasteiger partial charge < -0.3 is 14.2 Å². The molecule has 1 heterocycles. The van der Waals surface area contributed by atoms with E-state index in [1.54, 1.807) is 19.3 Å². The highest BCUT2D eigenvalue weighted by Crippen LogP contribution is 2.39. The van der Waals surface area contributed by atoms with Crippen molar-refractivity contribution in [3.63, 3.8) is 0 Å². The summed E-state index contributed by atoms with van der Waals surface area (Å²) in [5.41, 5.74) is 3.34. The number of rotatable bonds is 3. The lowest BCUT2D eigenvalue weighted by Gasteiger charge is -2.08. The highest BCUT2D eigenvalue weighted by molar-refractivity contribution is 5.91. The van der Waals surface area contributed by atoms with Crippen LogP contribution < -0.4 is 14.2 Å². The predicted octanol–water partition coefficient (Wildman–Crippen LogP) is 3.80. The largest absolute Gasteiger partial charge is 0.496 e. The van der Waals surface area contributed by atoms with Crippen LogP contribution in [0.1, 0.15) is 16.7 Å². The predicted molar refractivity (Wildman–Crippen MR) is 83.8 cm³/mol. The molecule has 0 aromatic heterocycles. The molecule has 0 amide bonds. The van der Waals surface area contributed by atoms with Crippen molar-refractivity contribution in [1.82, 2.24) is 0 Å². The van der Waals surface area contributed by atoms with Crippen molar-refractivity contribution in [2.75, 3.05) is 13.9 Å². The number of aryl methyl sites for hydroxylation is 1. The van der Waals surface area contributed by atoms with Gasteiger partial charge in [-0.05, 0) is 24.6 Å². The summed E-state index contributed by atoms with van der Waals surface area (Å²) in [4.78, 5) is 0. The monoisotopic (exact) mass is 293 g/mol. The van der Waals surface area contributed by atoms with Gasteiger partial charge in [-0.15, -0.1) is 0 Å². The van der Waals surface area contributed by atoms with Crippen LogP contribution in [0.25, 0.3) is 11.6 Å². The summed E-state index contributed by atoms with van der Waals surface area (Å²) >= 11 is 0. The zero-order chi connectivity index (χ0) is 15.5. The fraction of sp³-hybridized carbons (Fsp3) is 0.167. The van der Waals surface area contributed by atoms with Crippen LogP contribution in [-0.4, -0.2) is 13.9 Å². The first-order chi connectivity index (χ1) is 10.7. The van der Waals surface area contributed by atoms with Gasteiger partial charge in [0.05, 0.1) is 18.8 Å². The van der Waals surface area contributed by atoms with Crippen molar-refractivity contribution in [1.29, 1.82) is 5.26 Å². The number of fused-ring (bicyclic) bond motifs is 1. The number of ether oxygens (including phenoxy) is 3. The first-order valence-electron chi connectivity index (χ1n) is 6.87. The molecule has 0 atom stereocenters. The van der Waals surface area contributed by atoms with Crippen molar-refractivity contribution in [3.05, 3.63) is 53.1 Å². The van der Waals surface area contributed by atoms with E-state index < -0.39 is 0 Å². The minimum absolute atomic E-state index is 0.203. The lowest BCUT2D eigenvalue weighted by Crippen LogP contribution is -1.92. The van der Waals surface area contributed by atoms with E-state index in [2.05, 4.69) is 6.07 Å². The normalized spacial score (nSPS) is 12.9. The molecule has 0 spiro atoms. The van der Waals surface area contributed by atoms with Crippen LogP contribution in [-0.2, 0) is 0 Å². The van der Waals surface area contributed by atoms with Crippen LogP contribution in [0.4, 0.5) is 0 Å². The van der Waals surface area contributed by atoms with E-state index in [0.717, 1.165) is 16.7 Å². The van der Waals surface area contributed by atoms with E-state index >= 15 is 0 Å². The molecular formula is C18H15NO3. The summed E-state index contributed by atoms with van der Waals surface area (Å²) in [5, 5.41) is 9.47. The van der Waals surface area contributed by atoms with Gasteiger partial charge in [0.25, 0.3) is 0 Å². The van der Waals surface area contributed by atoms with Gasteiger partial charge in [0.15, 0.2) is 11.5 Å². The Balaban J connectivity index is 2.08. The highest BCUT2D eigenvalue weighted by Gasteiger charge is 2.17. The van der Waals surface area contributed by atoms with Crippen LogP contribution in [0.15, 0.2) is 36.4 Å². The molecule has 1 aliphatic heterocycles. The molecule has 0 saturated heterocycles. The summed E-state index contributed by atoms with van der Waals surface area (Å²) in [7, 11) is 1.59. The molecule has 2 aromatic rings. The van der Waals surface area contributed by atoms with E-state index in [1.165, 1.54) is 0 Å². The molecule has 0 saturated carbocycles. The van der Waals surface area contributed by atoms with Crippen molar-refractivity contribution in [2.45, 2.75) is 6.92 Å². The van der Waals surface area contributed by atoms with Crippen LogP contribution in [0.5, 0.6) is 17.2 Å². The minimum Gasteiger partial charge on any atom is -0.496 e. The smallest absolute Gasteiger partial charge is 0.231 e. The summed E-state index contributed by atoms with van der Waals surface area (Å²) in [6, 6.07) is 13.7. The van der Waals surface area contributed by atoms with Crippen LogP contribution in [0.3, 0.4) is 0 Å². The average Bonchev–Trinajstić information content (AvgIpc) is 2.98. The third-order valence-electron chi connectivity index (χ3n) is 3.47. The van der Waals surface area contributed by atoms with Gasteiger partial charge in [-0.25, -0.2) is 0 Å². The number of benzene rings is 2. The van der Waals surface area contributed by atoms with Crippen molar-refractivity contribution in [3.8, 4) is 23.3 Å². The van der Waals surface area contributed by atoms with E-state index in [0.29, 0.717) is 22.8 Å². The van der Waals surface area contributed by atoms with Gasteiger partial charge in [0.2, 0.25) is 6.79 Å². The topological polar surface area (TPSA) is 51.5 Å². The average molecular weight is 293 g/mol. The Hall–Kier alpha value is -2.93. The first-order valence-corrected chi connectivity index (χ1v) is 6.87. The van der Waals surface area contributed by atoms with Crippen LogP contribution in [0, 0.1) is 18.3 Å². The van der Waals surface area contributed by atoms with Crippen molar-refractivity contribution >= 4 is 11.6 Å². The molecule has 1 aliphatic rings. The summed E-state index contributed by atoms with van der Waals surface area (Å²) in [5.74, 6) is 1.96. The molecule has 0 unspecified atom stereocenters. The number of allylic oxidation sites excluding steroid dienone is 1. The lowest BCUT2D eigenvalue weighted by atomic mass is 10.0. The Morgan fingerprint density at radius 2 is 2.00 bits per heavy atom. The van der Waals surface area contributed by atoms with E-state index in [1.807, 2.05) is 37.3 Å². The molecule has 4 nitrogen and oxygen atoms in total. The Bertz CT molecular complexity index is 787. The molecule has 0 fully saturated rings. The Labute approximate surface area is 129 Å². The molecule has 3 rings (SSSR count). The zero-order valence-corrected chi connectivity index (χ0v) is 12.4. The van der Waals surface area contributed by atoms with Gasteiger partial charge in [0, 0.05) is 11.6 Å². The maximum atomic E-state index is 9.47. The molecule has 0 bridgehead atoms. The fourth-order valence-corrected chi connectivity index (χ4v) is 2.38. The quantitative estimate of drug-likeness (QED) is 0.638. The molecule has 110 valence electrons.